The second-order valence-electron chi connectivity index (χ2n) is 4.36. The van der Waals surface area contributed by atoms with Crippen LogP contribution in [0.5, 0.6) is 0 Å². The molecule has 0 saturated carbocycles. The smallest absolute Gasteiger partial charge is 0.273 e. The van der Waals surface area contributed by atoms with E-state index in [1.54, 1.807) is 20.8 Å². The van der Waals surface area contributed by atoms with Gasteiger partial charge in [0.1, 0.15) is 0 Å². The number of aryl methyl sites for hydroxylation is 1. The monoisotopic (exact) mass is 302 g/mol. The van der Waals surface area contributed by atoms with E-state index < -0.39 is 14.9 Å². The Kier molecular flexibility index (Phi) is 5.21. The van der Waals surface area contributed by atoms with Crippen LogP contribution in [0.25, 0.3) is 0 Å². The summed E-state index contributed by atoms with van der Waals surface area (Å²) in [5.74, 6) is 0. The molecule has 1 rings (SSSR count). The molecule has 0 saturated heterocycles. The zero-order valence-corrected chi connectivity index (χ0v) is 12.5. The molecule has 0 aromatic heterocycles. The van der Waals surface area contributed by atoms with Crippen molar-refractivity contribution in [2.75, 3.05) is 19.7 Å². The molecule has 1 aromatic rings. The van der Waals surface area contributed by atoms with Crippen LogP contribution in [0.2, 0.25) is 0 Å². The Labute approximate surface area is 118 Å². The van der Waals surface area contributed by atoms with Crippen molar-refractivity contribution in [3.63, 3.8) is 0 Å². The number of aliphatic hydroxyl groups is 1. The molecule has 0 fully saturated rings. The second kappa shape index (κ2) is 6.29. The van der Waals surface area contributed by atoms with Crippen LogP contribution >= 0.6 is 0 Å². The van der Waals surface area contributed by atoms with Crippen molar-refractivity contribution in [2.45, 2.75) is 25.7 Å². The van der Waals surface area contributed by atoms with Gasteiger partial charge in [0.25, 0.3) is 5.69 Å². The van der Waals surface area contributed by atoms with Crippen molar-refractivity contribution in [1.82, 2.24) is 4.31 Å². The van der Waals surface area contributed by atoms with Crippen molar-refractivity contribution in [3.05, 3.63) is 33.4 Å². The zero-order valence-electron chi connectivity index (χ0n) is 11.7. The summed E-state index contributed by atoms with van der Waals surface area (Å²) in [5, 5.41) is 19.9. The van der Waals surface area contributed by atoms with Crippen molar-refractivity contribution in [3.8, 4) is 0 Å². The molecule has 8 heteroatoms. The second-order valence-corrected chi connectivity index (χ2v) is 6.30. The number of nitro benzene ring substituents is 1. The van der Waals surface area contributed by atoms with Crippen LogP contribution in [-0.2, 0) is 10.0 Å². The van der Waals surface area contributed by atoms with E-state index in [0.717, 1.165) is 10.4 Å². The molecular weight excluding hydrogens is 284 g/mol. The summed E-state index contributed by atoms with van der Waals surface area (Å²) in [6.45, 7) is 4.69. The number of aliphatic hydroxyl groups excluding tert-OH is 1. The van der Waals surface area contributed by atoms with Crippen LogP contribution in [-0.4, -0.2) is 42.4 Å². The van der Waals surface area contributed by atoms with Gasteiger partial charge in [-0.2, -0.15) is 4.31 Å². The van der Waals surface area contributed by atoms with Gasteiger partial charge in [0.05, 0.1) is 16.4 Å². The number of nitrogens with zero attached hydrogens (tertiary/aromatic N) is 2. The van der Waals surface area contributed by atoms with E-state index in [4.69, 9.17) is 5.11 Å². The minimum absolute atomic E-state index is 0.0421. The molecule has 0 bridgehead atoms. The summed E-state index contributed by atoms with van der Waals surface area (Å²) < 4.78 is 25.9. The van der Waals surface area contributed by atoms with Gasteiger partial charge < -0.3 is 5.11 Å². The lowest BCUT2D eigenvalue weighted by Gasteiger charge is -2.19. The summed E-state index contributed by atoms with van der Waals surface area (Å²) in [4.78, 5) is 10.3. The summed E-state index contributed by atoms with van der Waals surface area (Å²) in [6.07, 6.45) is 0. The number of benzene rings is 1. The van der Waals surface area contributed by atoms with Crippen LogP contribution in [0.15, 0.2) is 17.0 Å². The number of sulfonamides is 1. The molecule has 20 heavy (non-hydrogen) atoms. The Hall–Kier alpha value is -1.51. The third kappa shape index (κ3) is 3.14. The maximum absolute atomic E-state index is 12.4. The lowest BCUT2D eigenvalue weighted by atomic mass is 10.1. The molecule has 0 spiro atoms. The molecular formula is C12H18N2O5S. The first-order chi connectivity index (χ1) is 9.25. The highest BCUT2D eigenvalue weighted by atomic mass is 32.2. The van der Waals surface area contributed by atoms with Crippen LogP contribution < -0.4 is 0 Å². The maximum Gasteiger partial charge on any atom is 0.273 e. The first-order valence-corrected chi connectivity index (χ1v) is 7.56. The fraction of sp³-hybridized carbons (Fsp3) is 0.500. The van der Waals surface area contributed by atoms with Crippen LogP contribution in [0.4, 0.5) is 5.69 Å². The van der Waals surface area contributed by atoms with Gasteiger partial charge >= 0.3 is 0 Å². The van der Waals surface area contributed by atoms with Gasteiger partial charge in [-0.25, -0.2) is 8.42 Å². The van der Waals surface area contributed by atoms with Gasteiger partial charge in [-0.15, -0.1) is 0 Å². The van der Waals surface area contributed by atoms with Crippen LogP contribution in [0.1, 0.15) is 18.1 Å². The van der Waals surface area contributed by atoms with Crippen molar-refractivity contribution < 1.29 is 18.4 Å². The van der Waals surface area contributed by atoms with Gasteiger partial charge in [0, 0.05) is 24.7 Å². The topological polar surface area (TPSA) is 101 Å². The number of hydrogen-bond acceptors (Lipinski definition) is 5. The molecule has 112 valence electrons. The fourth-order valence-corrected chi connectivity index (χ4v) is 3.40. The third-order valence-electron chi connectivity index (χ3n) is 3.15. The Balaban J connectivity index is 3.43. The first kappa shape index (κ1) is 16.5. The van der Waals surface area contributed by atoms with E-state index >= 15 is 0 Å². The Bertz CT molecular complexity index is 613. The minimum Gasteiger partial charge on any atom is -0.395 e. The highest BCUT2D eigenvalue weighted by molar-refractivity contribution is 7.89. The highest BCUT2D eigenvalue weighted by Gasteiger charge is 2.26. The summed E-state index contributed by atoms with van der Waals surface area (Å²) in [6, 6.07) is 2.48. The molecule has 1 N–H and O–H groups in total. The van der Waals surface area contributed by atoms with E-state index in [-0.39, 0.29) is 30.3 Å². The fourth-order valence-electron chi connectivity index (χ4n) is 1.86. The number of rotatable bonds is 6. The van der Waals surface area contributed by atoms with E-state index in [0.29, 0.717) is 11.1 Å². The molecule has 0 heterocycles. The van der Waals surface area contributed by atoms with Crippen molar-refractivity contribution >= 4 is 15.7 Å². The summed E-state index contributed by atoms with van der Waals surface area (Å²) in [7, 11) is -3.84. The Morgan fingerprint density at radius 3 is 2.40 bits per heavy atom. The lowest BCUT2D eigenvalue weighted by Crippen LogP contribution is -2.33. The van der Waals surface area contributed by atoms with Gasteiger partial charge in [0.15, 0.2) is 0 Å². The normalized spacial score (nSPS) is 11.8. The molecule has 0 aliphatic carbocycles. The zero-order chi connectivity index (χ0) is 15.5. The van der Waals surface area contributed by atoms with Crippen molar-refractivity contribution in [2.24, 2.45) is 0 Å². The quantitative estimate of drug-likeness (QED) is 0.629. The average Bonchev–Trinajstić information content (AvgIpc) is 2.38. The van der Waals surface area contributed by atoms with E-state index in [2.05, 4.69) is 0 Å². The Morgan fingerprint density at radius 1 is 1.35 bits per heavy atom. The minimum atomic E-state index is -3.84. The highest BCUT2D eigenvalue weighted by Crippen LogP contribution is 2.27. The van der Waals surface area contributed by atoms with Crippen molar-refractivity contribution in [1.29, 1.82) is 0 Å². The largest absolute Gasteiger partial charge is 0.395 e. The van der Waals surface area contributed by atoms with Crippen LogP contribution in [0, 0.1) is 24.0 Å². The van der Waals surface area contributed by atoms with E-state index in [9.17, 15) is 18.5 Å². The molecule has 0 unspecified atom stereocenters. The van der Waals surface area contributed by atoms with Gasteiger partial charge in [0.2, 0.25) is 10.0 Å². The Morgan fingerprint density at radius 2 is 1.95 bits per heavy atom. The number of hydrogen-bond donors (Lipinski definition) is 1. The average molecular weight is 302 g/mol. The predicted molar refractivity (Wildman–Crippen MR) is 74.1 cm³/mol. The first-order valence-electron chi connectivity index (χ1n) is 6.12. The predicted octanol–water partition coefficient (Wildman–Crippen LogP) is 1.21. The maximum atomic E-state index is 12.4. The molecule has 0 radical (unpaired) electrons. The standard InChI is InChI=1S/C12H18N2O5S/c1-4-13(5-6-15)20(18,19)11-7-9(2)10(3)12(8-11)14(16)17/h7-8,15H,4-6H2,1-3H3. The third-order valence-corrected chi connectivity index (χ3v) is 5.10. The molecule has 0 aliphatic rings. The number of nitro groups is 1. The lowest BCUT2D eigenvalue weighted by molar-refractivity contribution is -0.385. The van der Waals surface area contributed by atoms with E-state index in [1.165, 1.54) is 6.07 Å². The molecule has 0 amide bonds. The van der Waals surface area contributed by atoms with Crippen LogP contribution in [0.3, 0.4) is 0 Å². The van der Waals surface area contributed by atoms with Gasteiger partial charge in [-0.1, -0.05) is 6.92 Å². The molecule has 0 aliphatic heterocycles. The van der Waals surface area contributed by atoms with E-state index in [1.807, 2.05) is 0 Å². The summed E-state index contributed by atoms with van der Waals surface area (Å²) in [5.41, 5.74) is 0.764. The SMILES string of the molecule is CCN(CCO)S(=O)(=O)c1cc(C)c(C)c([N+](=O)[O-])c1. The van der Waals surface area contributed by atoms with Gasteiger partial charge in [-0.3, -0.25) is 10.1 Å². The summed E-state index contributed by atoms with van der Waals surface area (Å²) >= 11 is 0. The number of likely N-dealkylation sites (N-methyl/N-ethyl adjacent to an activating group) is 1. The van der Waals surface area contributed by atoms with Gasteiger partial charge in [-0.05, 0) is 25.5 Å². The molecule has 7 nitrogen and oxygen atoms in total. The molecule has 1 aromatic carbocycles. The molecule has 0 atom stereocenters.